The zero-order valence-corrected chi connectivity index (χ0v) is 12.9. The summed E-state index contributed by atoms with van der Waals surface area (Å²) in [6, 6.07) is 10.8. The van der Waals surface area contributed by atoms with Gasteiger partial charge in [0.1, 0.15) is 0 Å². The molecule has 25 heavy (non-hydrogen) atoms. The van der Waals surface area contributed by atoms with Crippen LogP contribution in [0.3, 0.4) is 0 Å². The van der Waals surface area contributed by atoms with Crippen molar-refractivity contribution in [1.82, 2.24) is 0 Å². The van der Waals surface area contributed by atoms with Crippen LogP contribution in [-0.4, -0.2) is 24.6 Å². The van der Waals surface area contributed by atoms with E-state index in [2.05, 4.69) is 0 Å². The van der Waals surface area contributed by atoms with Crippen LogP contribution >= 0.6 is 0 Å². The molecule has 1 fully saturated rings. The molecule has 7 heteroatoms. The smallest absolute Gasteiger partial charge is 0.416 e. The number of esters is 2. The monoisotopic (exact) mass is 350 g/mol. The Kier molecular flexibility index (Phi) is 4.48. The third-order valence-corrected chi connectivity index (χ3v) is 3.81. The van der Waals surface area contributed by atoms with Crippen molar-refractivity contribution in [3.05, 3.63) is 59.7 Å². The van der Waals surface area contributed by atoms with E-state index in [1.165, 1.54) is 18.2 Å². The molecule has 0 amide bonds. The molecule has 1 aliphatic heterocycles. The molecule has 2 aromatic rings. The summed E-state index contributed by atoms with van der Waals surface area (Å²) < 4.78 is 47.9. The van der Waals surface area contributed by atoms with Crippen LogP contribution in [0.2, 0.25) is 0 Å². The summed E-state index contributed by atoms with van der Waals surface area (Å²) >= 11 is 0. The maximum Gasteiger partial charge on any atom is 0.416 e. The first-order chi connectivity index (χ1) is 11.9. The first-order valence-electron chi connectivity index (χ1n) is 7.50. The summed E-state index contributed by atoms with van der Waals surface area (Å²) in [4.78, 5) is 23.8. The van der Waals surface area contributed by atoms with E-state index >= 15 is 0 Å². The summed E-state index contributed by atoms with van der Waals surface area (Å²) in [6.07, 6.45) is -5.10. The zero-order chi connectivity index (χ0) is 18.0. The molecule has 0 N–H and O–H groups in total. The molecule has 1 saturated heterocycles. The lowest BCUT2D eigenvalue weighted by Gasteiger charge is -2.13. The molecule has 1 atom stereocenters. The summed E-state index contributed by atoms with van der Waals surface area (Å²) in [5.74, 6) is -1.32. The van der Waals surface area contributed by atoms with Gasteiger partial charge in [-0.2, -0.15) is 13.2 Å². The number of hydrogen-bond acceptors (Lipinski definition) is 4. The summed E-state index contributed by atoms with van der Waals surface area (Å²) in [5.41, 5.74) is 0.258. The molecule has 1 heterocycles. The molecule has 0 saturated carbocycles. The van der Waals surface area contributed by atoms with Gasteiger partial charge in [-0.1, -0.05) is 30.3 Å². The lowest BCUT2D eigenvalue weighted by atomic mass is 9.98. The standard InChI is InChI=1S/C18H13F3O4/c19-18(20,21)12-7-5-11(6-8-12)13-3-1-2-4-14(13)16(22)25-15-9-10-24-17(15)23/h1-8,15H,9-10H2. The highest BCUT2D eigenvalue weighted by molar-refractivity contribution is 5.98. The third kappa shape index (κ3) is 3.65. The van der Waals surface area contributed by atoms with Gasteiger partial charge in [0.15, 0.2) is 0 Å². The van der Waals surface area contributed by atoms with Gasteiger partial charge in [0.05, 0.1) is 17.7 Å². The van der Waals surface area contributed by atoms with Crippen LogP contribution in [0.1, 0.15) is 22.3 Å². The first-order valence-corrected chi connectivity index (χ1v) is 7.50. The Balaban J connectivity index is 1.88. The van der Waals surface area contributed by atoms with Gasteiger partial charge in [-0.15, -0.1) is 0 Å². The number of carbonyl (C=O) groups is 2. The molecule has 130 valence electrons. The predicted octanol–water partition coefficient (Wildman–Crippen LogP) is 3.84. The van der Waals surface area contributed by atoms with E-state index in [9.17, 15) is 22.8 Å². The molecule has 0 aromatic heterocycles. The second-order valence-corrected chi connectivity index (χ2v) is 5.47. The van der Waals surface area contributed by atoms with Gasteiger partial charge in [-0.05, 0) is 29.3 Å². The van der Waals surface area contributed by atoms with Gasteiger partial charge in [0, 0.05) is 6.42 Å². The Morgan fingerprint density at radius 3 is 2.36 bits per heavy atom. The van der Waals surface area contributed by atoms with Gasteiger partial charge in [0.2, 0.25) is 6.10 Å². The molecule has 1 aliphatic rings. The van der Waals surface area contributed by atoms with E-state index in [1.54, 1.807) is 18.2 Å². The fourth-order valence-corrected chi connectivity index (χ4v) is 2.53. The average Bonchev–Trinajstić information content (AvgIpc) is 2.99. The Hall–Kier alpha value is -2.83. The molecule has 0 spiro atoms. The number of carbonyl (C=O) groups excluding carboxylic acids is 2. The SMILES string of the molecule is O=C(OC1CCOC1=O)c1ccccc1-c1ccc(C(F)(F)F)cc1. The minimum atomic E-state index is -4.43. The summed E-state index contributed by atoms with van der Waals surface area (Å²) in [5, 5.41) is 0. The van der Waals surface area contributed by atoms with E-state index in [0.29, 0.717) is 11.1 Å². The number of alkyl halides is 3. The van der Waals surface area contributed by atoms with E-state index in [0.717, 1.165) is 12.1 Å². The molecule has 3 rings (SSSR count). The van der Waals surface area contributed by atoms with Crippen molar-refractivity contribution in [3.8, 4) is 11.1 Å². The fraction of sp³-hybridized carbons (Fsp3) is 0.222. The van der Waals surface area contributed by atoms with Crippen LogP contribution in [0, 0.1) is 0 Å². The molecule has 1 unspecified atom stereocenters. The van der Waals surface area contributed by atoms with Crippen molar-refractivity contribution in [2.24, 2.45) is 0 Å². The lowest BCUT2D eigenvalue weighted by molar-refractivity contribution is -0.145. The summed E-state index contributed by atoms with van der Waals surface area (Å²) in [6.45, 7) is 0.192. The quantitative estimate of drug-likeness (QED) is 0.789. The molecule has 0 radical (unpaired) electrons. The lowest BCUT2D eigenvalue weighted by Crippen LogP contribution is -2.23. The van der Waals surface area contributed by atoms with Gasteiger partial charge in [-0.3, -0.25) is 0 Å². The minimum Gasteiger partial charge on any atom is -0.463 e. The van der Waals surface area contributed by atoms with Crippen LogP contribution in [0.25, 0.3) is 11.1 Å². The van der Waals surface area contributed by atoms with Crippen molar-refractivity contribution in [2.45, 2.75) is 18.7 Å². The van der Waals surface area contributed by atoms with E-state index in [4.69, 9.17) is 9.47 Å². The minimum absolute atomic E-state index is 0.168. The normalized spacial score (nSPS) is 17.2. The van der Waals surface area contributed by atoms with Crippen molar-refractivity contribution in [1.29, 1.82) is 0 Å². The average molecular weight is 350 g/mol. The summed E-state index contributed by atoms with van der Waals surface area (Å²) in [7, 11) is 0. The molecule has 0 aliphatic carbocycles. The second-order valence-electron chi connectivity index (χ2n) is 5.47. The third-order valence-electron chi connectivity index (χ3n) is 3.81. The number of cyclic esters (lactones) is 1. The van der Waals surface area contributed by atoms with Crippen LogP contribution in [0.4, 0.5) is 13.2 Å². The maximum atomic E-state index is 12.7. The van der Waals surface area contributed by atoms with Gasteiger partial charge >= 0.3 is 18.1 Å². The highest BCUT2D eigenvalue weighted by Crippen LogP contribution is 2.32. The highest BCUT2D eigenvalue weighted by Gasteiger charge is 2.32. The highest BCUT2D eigenvalue weighted by atomic mass is 19.4. The number of ether oxygens (including phenoxy) is 2. The fourth-order valence-electron chi connectivity index (χ4n) is 2.53. The molecule has 4 nitrogen and oxygen atoms in total. The molecule has 0 bridgehead atoms. The molecular formula is C18H13F3O4. The maximum absolute atomic E-state index is 12.7. The van der Waals surface area contributed by atoms with Crippen LogP contribution in [0.15, 0.2) is 48.5 Å². The van der Waals surface area contributed by atoms with Crippen LogP contribution in [-0.2, 0) is 20.4 Å². The first kappa shape index (κ1) is 17.0. The van der Waals surface area contributed by atoms with Crippen molar-refractivity contribution in [2.75, 3.05) is 6.61 Å². The Labute approximate surface area is 141 Å². The number of halogens is 3. The van der Waals surface area contributed by atoms with E-state index < -0.39 is 29.8 Å². The Morgan fingerprint density at radius 1 is 1.08 bits per heavy atom. The van der Waals surface area contributed by atoms with Crippen molar-refractivity contribution in [3.63, 3.8) is 0 Å². The Morgan fingerprint density at radius 2 is 1.76 bits per heavy atom. The van der Waals surface area contributed by atoms with Crippen LogP contribution < -0.4 is 0 Å². The number of hydrogen-bond donors (Lipinski definition) is 0. The van der Waals surface area contributed by atoms with Gasteiger partial charge in [0.25, 0.3) is 0 Å². The topological polar surface area (TPSA) is 52.6 Å². The predicted molar refractivity (Wildman–Crippen MR) is 81.7 cm³/mol. The van der Waals surface area contributed by atoms with Crippen molar-refractivity contribution < 1.29 is 32.2 Å². The van der Waals surface area contributed by atoms with Gasteiger partial charge < -0.3 is 9.47 Å². The van der Waals surface area contributed by atoms with Crippen LogP contribution in [0.5, 0.6) is 0 Å². The van der Waals surface area contributed by atoms with Crippen molar-refractivity contribution >= 4 is 11.9 Å². The Bertz CT molecular complexity index is 797. The number of rotatable bonds is 3. The van der Waals surface area contributed by atoms with E-state index in [-0.39, 0.29) is 18.6 Å². The second kappa shape index (κ2) is 6.58. The zero-order valence-electron chi connectivity index (χ0n) is 12.9. The van der Waals surface area contributed by atoms with E-state index in [1.807, 2.05) is 0 Å². The molecular weight excluding hydrogens is 337 g/mol. The number of benzene rings is 2. The largest absolute Gasteiger partial charge is 0.463 e. The van der Waals surface area contributed by atoms with Gasteiger partial charge in [-0.25, -0.2) is 9.59 Å². The molecule has 2 aromatic carbocycles.